The van der Waals surface area contributed by atoms with Crippen LogP contribution in [0.5, 0.6) is 5.75 Å². The van der Waals surface area contributed by atoms with Gasteiger partial charge in [0.25, 0.3) is 0 Å². The van der Waals surface area contributed by atoms with Crippen molar-refractivity contribution < 1.29 is 4.74 Å². The van der Waals surface area contributed by atoms with E-state index in [4.69, 9.17) is 4.74 Å². The zero-order valence-electron chi connectivity index (χ0n) is 17.6. The maximum Gasteiger partial charge on any atom is 0.233 e. The van der Waals surface area contributed by atoms with Crippen LogP contribution in [-0.2, 0) is 12.2 Å². The minimum absolute atomic E-state index is 0.639. The van der Waals surface area contributed by atoms with Crippen LogP contribution in [0.4, 0.5) is 0 Å². The van der Waals surface area contributed by atoms with E-state index >= 15 is 0 Å². The van der Waals surface area contributed by atoms with Gasteiger partial charge in [0.05, 0.1) is 12.3 Å². The molecule has 0 radical (unpaired) electrons. The van der Waals surface area contributed by atoms with Gasteiger partial charge in [0.2, 0.25) is 5.78 Å². The lowest BCUT2D eigenvalue weighted by molar-refractivity contribution is 0.340. The van der Waals surface area contributed by atoms with Crippen LogP contribution in [0, 0.1) is 0 Å². The molecule has 0 N–H and O–H groups in total. The summed E-state index contributed by atoms with van der Waals surface area (Å²) < 4.78 is 9.64. The molecule has 0 spiro atoms. The summed E-state index contributed by atoms with van der Waals surface area (Å²) in [6, 6.07) is 20.3. The number of benzene rings is 2. The van der Waals surface area contributed by atoms with Crippen molar-refractivity contribution in [1.29, 1.82) is 0 Å². The number of hydrogen-bond acceptors (Lipinski definition) is 6. The van der Waals surface area contributed by atoms with Crippen molar-refractivity contribution in [1.82, 2.24) is 29.1 Å². The van der Waals surface area contributed by atoms with Gasteiger partial charge in [0.15, 0.2) is 5.16 Å². The molecule has 3 heterocycles. The minimum Gasteiger partial charge on any atom is -0.494 e. The Kier molecular flexibility index (Phi) is 5.85. The average molecular weight is 443 g/mol. The largest absolute Gasteiger partial charge is 0.494 e. The molecule has 0 fully saturated rings. The number of imidazole rings is 1. The Balaban J connectivity index is 1.45. The van der Waals surface area contributed by atoms with Gasteiger partial charge in [-0.15, -0.1) is 10.2 Å². The van der Waals surface area contributed by atoms with E-state index in [2.05, 4.69) is 36.9 Å². The Morgan fingerprint density at radius 2 is 1.81 bits per heavy atom. The Hall–Kier alpha value is -3.65. The first-order valence-corrected chi connectivity index (χ1v) is 11.4. The van der Waals surface area contributed by atoms with Gasteiger partial charge in [0.1, 0.15) is 11.6 Å². The molecule has 0 saturated carbocycles. The third-order valence-electron chi connectivity index (χ3n) is 4.95. The number of thioether (sulfide) groups is 1. The van der Waals surface area contributed by atoms with E-state index in [1.807, 2.05) is 72.2 Å². The average Bonchev–Trinajstić information content (AvgIpc) is 3.43. The Bertz CT molecular complexity index is 1280. The minimum atomic E-state index is 0.639. The van der Waals surface area contributed by atoms with E-state index in [1.165, 1.54) is 5.56 Å². The number of ether oxygens (including phenoxy) is 1. The highest BCUT2D eigenvalue weighted by Crippen LogP contribution is 2.27. The topological polar surface area (TPSA) is 70.1 Å². The second-order valence-corrected chi connectivity index (χ2v) is 8.11. The summed E-state index contributed by atoms with van der Waals surface area (Å²) in [5.74, 6) is 3.10. The highest BCUT2D eigenvalue weighted by atomic mass is 32.2. The fraction of sp³-hybridized carbons (Fsp3) is 0.167. The third-order valence-corrected chi connectivity index (χ3v) is 5.91. The van der Waals surface area contributed by atoms with E-state index in [1.54, 1.807) is 18.0 Å². The second-order valence-electron chi connectivity index (χ2n) is 7.17. The van der Waals surface area contributed by atoms with E-state index in [0.29, 0.717) is 24.6 Å². The van der Waals surface area contributed by atoms with Crippen LogP contribution in [-0.4, -0.2) is 35.7 Å². The highest BCUT2D eigenvalue weighted by molar-refractivity contribution is 7.98. The normalized spacial score (nSPS) is 11.2. The van der Waals surface area contributed by atoms with Gasteiger partial charge in [-0.3, -0.25) is 8.97 Å². The lowest BCUT2D eigenvalue weighted by Crippen LogP contribution is -2.04. The molecule has 5 rings (SSSR count). The molecule has 3 aromatic heterocycles. The molecule has 5 aromatic rings. The lowest BCUT2D eigenvalue weighted by atomic mass is 10.1. The second kappa shape index (κ2) is 9.23. The first-order chi connectivity index (χ1) is 15.8. The van der Waals surface area contributed by atoms with Gasteiger partial charge in [-0.1, -0.05) is 42.1 Å². The number of nitrogens with zero attached hydrogens (tertiary/aromatic N) is 6. The highest BCUT2D eigenvalue weighted by Gasteiger charge is 2.16. The molecule has 7 nitrogen and oxygen atoms in total. The molecule has 0 bridgehead atoms. The van der Waals surface area contributed by atoms with Gasteiger partial charge in [0, 0.05) is 36.5 Å². The van der Waals surface area contributed by atoms with Crippen molar-refractivity contribution in [2.75, 3.05) is 6.61 Å². The molecule has 32 heavy (non-hydrogen) atoms. The Labute approximate surface area is 190 Å². The summed E-state index contributed by atoms with van der Waals surface area (Å²) in [6.45, 7) is 2.62. The molecule has 0 atom stereocenters. The maximum absolute atomic E-state index is 5.61. The fourth-order valence-corrected chi connectivity index (χ4v) is 4.35. The number of hydrogen-bond donors (Lipinski definition) is 0. The van der Waals surface area contributed by atoms with Crippen molar-refractivity contribution in [2.45, 2.75) is 24.3 Å². The number of fused-ring (bicyclic) bond motifs is 1. The van der Waals surface area contributed by atoms with Gasteiger partial charge < -0.3 is 4.74 Å². The van der Waals surface area contributed by atoms with E-state index in [0.717, 1.165) is 28.1 Å². The molecule has 0 amide bonds. The van der Waals surface area contributed by atoms with Gasteiger partial charge in [-0.2, -0.15) is 0 Å². The quantitative estimate of drug-likeness (QED) is 0.327. The van der Waals surface area contributed by atoms with Crippen LogP contribution >= 0.6 is 11.8 Å². The molecule has 0 aliphatic carbocycles. The smallest absolute Gasteiger partial charge is 0.233 e. The summed E-state index contributed by atoms with van der Waals surface area (Å²) in [5.41, 5.74) is 3.14. The maximum atomic E-state index is 5.61. The summed E-state index contributed by atoms with van der Waals surface area (Å²) >= 11 is 1.61. The van der Waals surface area contributed by atoms with Gasteiger partial charge >= 0.3 is 0 Å². The van der Waals surface area contributed by atoms with Crippen LogP contribution in [0.25, 0.3) is 11.5 Å². The zero-order valence-corrected chi connectivity index (χ0v) is 18.4. The molecule has 8 heteroatoms. The number of aromatic nitrogens is 6. The van der Waals surface area contributed by atoms with Crippen molar-refractivity contribution in [3.63, 3.8) is 0 Å². The van der Waals surface area contributed by atoms with Crippen LogP contribution in [0.3, 0.4) is 0 Å². The molecule has 0 unspecified atom stereocenters. The van der Waals surface area contributed by atoms with Crippen molar-refractivity contribution >= 4 is 17.5 Å². The summed E-state index contributed by atoms with van der Waals surface area (Å²) in [6.07, 6.45) is 6.39. The first-order valence-electron chi connectivity index (χ1n) is 10.4. The summed E-state index contributed by atoms with van der Waals surface area (Å²) in [4.78, 5) is 8.89. The predicted molar refractivity (Wildman–Crippen MR) is 124 cm³/mol. The molecule has 2 aromatic carbocycles. The van der Waals surface area contributed by atoms with Crippen LogP contribution in [0.15, 0.2) is 84.4 Å². The van der Waals surface area contributed by atoms with Gasteiger partial charge in [-0.25, -0.2) is 9.97 Å². The third kappa shape index (κ3) is 4.36. The van der Waals surface area contributed by atoms with Gasteiger partial charge in [-0.05, 0) is 42.8 Å². The zero-order chi connectivity index (χ0) is 21.8. The predicted octanol–water partition coefficient (Wildman–Crippen LogP) is 4.59. The Morgan fingerprint density at radius 1 is 0.969 bits per heavy atom. The van der Waals surface area contributed by atoms with Crippen molar-refractivity contribution in [3.05, 3.63) is 96.3 Å². The number of rotatable bonds is 8. The summed E-state index contributed by atoms with van der Waals surface area (Å²) in [5, 5.41) is 9.86. The first kappa shape index (κ1) is 20.3. The SMILES string of the molecule is CCOc1ccc(-n2c(Cc3ccccc3)nnc2SCc2cn3cccnc3n2)cc1. The molecule has 0 saturated heterocycles. The lowest BCUT2D eigenvalue weighted by Gasteiger charge is -2.11. The van der Waals surface area contributed by atoms with Crippen molar-refractivity contribution in [2.24, 2.45) is 0 Å². The van der Waals surface area contributed by atoms with E-state index in [9.17, 15) is 0 Å². The molecule has 160 valence electrons. The standard InChI is InChI=1S/C24H22N6OS/c1-2-31-21-11-9-20(10-12-21)30-22(15-18-7-4-3-5-8-18)27-28-24(30)32-17-19-16-29-14-6-13-25-23(29)26-19/h3-14,16H,2,15,17H2,1H3. The Morgan fingerprint density at radius 3 is 2.59 bits per heavy atom. The molecular formula is C24H22N6OS. The fourth-order valence-electron chi connectivity index (χ4n) is 3.49. The monoisotopic (exact) mass is 442 g/mol. The summed E-state index contributed by atoms with van der Waals surface area (Å²) in [7, 11) is 0. The molecule has 0 aliphatic heterocycles. The molecular weight excluding hydrogens is 420 g/mol. The van der Waals surface area contributed by atoms with E-state index in [-0.39, 0.29) is 0 Å². The molecule has 0 aliphatic rings. The van der Waals surface area contributed by atoms with E-state index < -0.39 is 0 Å². The van der Waals surface area contributed by atoms with Crippen LogP contribution < -0.4 is 4.74 Å². The van der Waals surface area contributed by atoms with Crippen molar-refractivity contribution in [3.8, 4) is 11.4 Å². The van der Waals surface area contributed by atoms with Crippen LogP contribution in [0.1, 0.15) is 24.0 Å². The van der Waals surface area contributed by atoms with Crippen LogP contribution in [0.2, 0.25) is 0 Å².